The molecule has 0 bridgehead atoms. The maximum absolute atomic E-state index is 13.1. The second-order valence-corrected chi connectivity index (χ2v) is 8.88. The summed E-state index contributed by atoms with van der Waals surface area (Å²) in [7, 11) is 4.50. The first-order chi connectivity index (χ1) is 19.0. The van der Waals surface area contributed by atoms with Crippen LogP contribution in [0.15, 0.2) is 84.9 Å². The first-order valence-electron chi connectivity index (χ1n) is 12.5. The zero-order valence-corrected chi connectivity index (χ0v) is 22.5. The fraction of sp³-hybridized carbons (Fsp3) is 0.219. The number of phenolic OH excluding ortho intramolecular Hbond substituents is 1. The Bertz CT molecular complexity index is 1400. The van der Waals surface area contributed by atoms with E-state index in [0.29, 0.717) is 29.4 Å². The molecule has 0 aliphatic heterocycles. The minimum absolute atomic E-state index is 0.154. The van der Waals surface area contributed by atoms with Crippen molar-refractivity contribution in [1.82, 2.24) is 0 Å². The third kappa shape index (κ3) is 6.26. The fourth-order valence-corrected chi connectivity index (χ4v) is 4.46. The number of rotatable bonds is 12. The van der Waals surface area contributed by atoms with Crippen molar-refractivity contribution in [2.45, 2.75) is 26.1 Å². The van der Waals surface area contributed by atoms with Crippen LogP contribution in [-0.2, 0) is 18.0 Å². The third-order valence-electron chi connectivity index (χ3n) is 6.32. The van der Waals surface area contributed by atoms with Crippen LogP contribution in [0, 0.1) is 0 Å². The lowest BCUT2D eigenvalue weighted by Crippen LogP contribution is -2.14. The molecule has 4 rings (SSSR count). The summed E-state index contributed by atoms with van der Waals surface area (Å²) in [6.45, 7) is 2.04. The van der Waals surface area contributed by atoms with E-state index < -0.39 is 5.92 Å². The number of methoxy groups -OCH3 is 3. The van der Waals surface area contributed by atoms with Gasteiger partial charge in [0.05, 0.1) is 32.8 Å². The average molecular weight is 529 g/mol. The quantitative estimate of drug-likeness (QED) is 0.231. The number of carbonyl (C=O) groups is 1. The molecule has 7 heteroatoms. The van der Waals surface area contributed by atoms with Gasteiger partial charge in [-0.25, -0.2) is 0 Å². The summed E-state index contributed by atoms with van der Waals surface area (Å²) >= 11 is 0. The predicted octanol–water partition coefficient (Wildman–Crippen LogP) is 6.30. The van der Waals surface area contributed by atoms with Crippen LogP contribution < -0.4 is 23.7 Å². The van der Waals surface area contributed by atoms with Gasteiger partial charge in [0.1, 0.15) is 24.7 Å². The highest BCUT2D eigenvalue weighted by Crippen LogP contribution is 2.50. The van der Waals surface area contributed by atoms with E-state index in [2.05, 4.69) is 0 Å². The van der Waals surface area contributed by atoms with Crippen molar-refractivity contribution in [3.63, 3.8) is 0 Å². The second kappa shape index (κ2) is 12.7. The minimum atomic E-state index is -0.873. The SMILES string of the molecule is COc1ccc(C(C(C)=O)c2c(O)cc(OCc3ccccc3)c(OC)c2OC)cc1OCc1ccccc1. The number of Topliss-reactive ketones (excluding diaryl/α,β-unsaturated/α-hetero) is 1. The van der Waals surface area contributed by atoms with Crippen LogP contribution in [0.1, 0.15) is 35.1 Å². The molecule has 0 spiro atoms. The number of ketones is 1. The van der Waals surface area contributed by atoms with Gasteiger partial charge < -0.3 is 28.8 Å². The standard InChI is InChI=1S/C32H32O7/c1-21(33)29(24-15-16-26(35-2)27(17-24)38-19-22-11-7-5-8-12-22)30-25(34)18-28(31(36-3)32(30)37-4)39-20-23-13-9-6-10-14-23/h5-18,29,34H,19-20H2,1-4H3. The van der Waals surface area contributed by atoms with Gasteiger partial charge in [0.15, 0.2) is 23.0 Å². The molecule has 0 saturated carbocycles. The second-order valence-electron chi connectivity index (χ2n) is 8.88. The Labute approximate surface area is 228 Å². The van der Waals surface area contributed by atoms with E-state index in [1.807, 2.05) is 60.7 Å². The molecule has 0 saturated heterocycles. The van der Waals surface area contributed by atoms with Gasteiger partial charge in [0, 0.05) is 6.07 Å². The largest absolute Gasteiger partial charge is 0.507 e. The molecule has 202 valence electrons. The van der Waals surface area contributed by atoms with Crippen LogP contribution in [0.25, 0.3) is 0 Å². The van der Waals surface area contributed by atoms with Crippen molar-refractivity contribution in [3.8, 4) is 34.5 Å². The van der Waals surface area contributed by atoms with E-state index >= 15 is 0 Å². The third-order valence-corrected chi connectivity index (χ3v) is 6.32. The van der Waals surface area contributed by atoms with Crippen molar-refractivity contribution in [1.29, 1.82) is 0 Å². The first kappa shape index (κ1) is 27.4. The zero-order chi connectivity index (χ0) is 27.8. The Kier molecular flexibility index (Phi) is 8.94. The van der Waals surface area contributed by atoms with E-state index in [1.54, 1.807) is 25.3 Å². The van der Waals surface area contributed by atoms with Gasteiger partial charge in [-0.15, -0.1) is 0 Å². The zero-order valence-electron chi connectivity index (χ0n) is 22.5. The van der Waals surface area contributed by atoms with Crippen molar-refractivity contribution in [2.24, 2.45) is 0 Å². The summed E-state index contributed by atoms with van der Waals surface area (Å²) in [6.07, 6.45) is 0. The number of phenols is 1. The molecular formula is C32H32O7. The normalized spacial score (nSPS) is 11.4. The van der Waals surface area contributed by atoms with Crippen LogP contribution in [0.3, 0.4) is 0 Å². The lowest BCUT2D eigenvalue weighted by molar-refractivity contribution is -0.117. The molecule has 0 aliphatic rings. The summed E-state index contributed by atoms with van der Waals surface area (Å²) in [5.74, 6) is 0.547. The number of aromatic hydroxyl groups is 1. The highest BCUT2D eigenvalue weighted by atomic mass is 16.5. The molecule has 1 unspecified atom stereocenters. The van der Waals surface area contributed by atoms with Gasteiger partial charge in [-0.05, 0) is 35.7 Å². The van der Waals surface area contributed by atoms with Crippen molar-refractivity contribution in [2.75, 3.05) is 21.3 Å². The molecule has 0 heterocycles. The minimum Gasteiger partial charge on any atom is -0.507 e. The molecule has 1 N–H and O–H groups in total. The maximum atomic E-state index is 13.1. The molecule has 0 amide bonds. The van der Waals surface area contributed by atoms with E-state index in [9.17, 15) is 9.90 Å². The van der Waals surface area contributed by atoms with Crippen LogP contribution in [0.5, 0.6) is 34.5 Å². The number of ether oxygens (including phenoxy) is 5. The molecule has 0 aliphatic carbocycles. The predicted molar refractivity (Wildman–Crippen MR) is 148 cm³/mol. The summed E-state index contributed by atoms with van der Waals surface area (Å²) in [5, 5.41) is 11.2. The molecule has 7 nitrogen and oxygen atoms in total. The Morgan fingerprint density at radius 3 is 1.77 bits per heavy atom. The van der Waals surface area contributed by atoms with E-state index in [4.69, 9.17) is 23.7 Å². The number of hydrogen-bond acceptors (Lipinski definition) is 7. The van der Waals surface area contributed by atoms with Crippen LogP contribution >= 0.6 is 0 Å². The molecule has 39 heavy (non-hydrogen) atoms. The smallest absolute Gasteiger partial charge is 0.203 e. The lowest BCUT2D eigenvalue weighted by Gasteiger charge is -2.23. The molecule has 1 atom stereocenters. The van der Waals surface area contributed by atoms with E-state index in [0.717, 1.165) is 11.1 Å². The van der Waals surface area contributed by atoms with Gasteiger partial charge in [-0.1, -0.05) is 66.7 Å². The van der Waals surface area contributed by atoms with Gasteiger partial charge in [-0.3, -0.25) is 4.79 Å². The highest BCUT2D eigenvalue weighted by molar-refractivity contribution is 5.89. The number of benzene rings is 4. The number of carbonyl (C=O) groups excluding carboxylic acids is 1. The Morgan fingerprint density at radius 1 is 0.692 bits per heavy atom. The first-order valence-corrected chi connectivity index (χ1v) is 12.5. The molecule has 4 aromatic rings. The van der Waals surface area contributed by atoms with Crippen molar-refractivity contribution in [3.05, 3.63) is 107 Å². The molecule has 0 aromatic heterocycles. The number of hydrogen-bond donors (Lipinski definition) is 1. The highest BCUT2D eigenvalue weighted by Gasteiger charge is 2.31. The lowest BCUT2D eigenvalue weighted by atomic mass is 9.86. The molecule has 0 radical (unpaired) electrons. The average Bonchev–Trinajstić information content (AvgIpc) is 2.96. The molecule has 4 aromatic carbocycles. The van der Waals surface area contributed by atoms with Crippen molar-refractivity contribution < 1.29 is 33.6 Å². The van der Waals surface area contributed by atoms with E-state index in [1.165, 1.54) is 27.2 Å². The summed E-state index contributed by atoms with van der Waals surface area (Å²) in [4.78, 5) is 13.1. The van der Waals surface area contributed by atoms with Crippen LogP contribution in [0.2, 0.25) is 0 Å². The van der Waals surface area contributed by atoms with Crippen molar-refractivity contribution >= 4 is 5.78 Å². The van der Waals surface area contributed by atoms with Gasteiger partial charge >= 0.3 is 0 Å². The topological polar surface area (TPSA) is 83.5 Å². The Hall–Kier alpha value is -4.65. The van der Waals surface area contributed by atoms with Gasteiger partial charge in [0.25, 0.3) is 0 Å². The van der Waals surface area contributed by atoms with Crippen LogP contribution in [0.4, 0.5) is 0 Å². The summed E-state index contributed by atoms with van der Waals surface area (Å²) in [6, 6.07) is 26.1. The van der Waals surface area contributed by atoms with Gasteiger partial charge in [0.2, 0.25) is 5.75 Å². The van der Waals surface area contributed by atoms with E-state index in [-0.39, 0.29) is 35.2 Å². The summed E-state index contributed by atoms with van der Waals surface area (Å²) in [5.41, 5.74) is 2.81. The Morgan fingerprint density at radius 2 is 1.26 bits per heavy atom. The molecule has 0 fully saturated rings. The van der Waals surface area contributed by atoms with Gasteiger partial charge in [-0.2, -0.15) is 0 Å². The van der Waals surface area contributed by atoms with Crippen LogP contribution in [-0.4, -0.2) is 32.2 Å². The Balaban J connectivity index is 1.73. The molecular weight excluding hydrogens is 496 g/mol. The monoisotopic (exact) mass is 528 g/mol. The maximum Gasteiger partial charge on any atom is 0.203 e. The fourth-order valence-electron chi connectivity index (χ4n) is 4.46. The summed E-state index contributed by atoms with van der Waals surface area (Å²) < 4.78 is 28.9.